The summed E-state index contributed by atoms with van der Waals surface area (Å²) in [5.74, 6) is 0. The Morgan fingerprint density at radius 1 is 1.12 bits per heavy atom. The highest BCUT2D eigenvalue weighted by molar-refractivity contribution is 6.30. The highest BCUT2D eigenvalue weighted by Crippen LogP contribution is 2.26. The molecule has 2 rings (SSSR count). The van der Waals surface area contributed by atoms with Crippen LogP contribution in [-0.2, 0) is 6.61 Å². The third-order valence-corrected chi connectivity index (χ3v) is 3.39. The lowest BCUT2D eigenvalue weighted by Crippen LogP contribution is -2.25. The van der Waals surface area contributed by atoms with Crippen LogP contribution >= 0.6 is 11.6 Å². The van der Waals surface area contributed by atoms with Crippen LogP contribution in [0.4, 0.5) is 5.69 Å². The highest BCUT2D eigenvalue weighted by Gasteiger charge is 2.13. The third kappa shape index (κ3) is 2.69. The molecule has 1 heterocycles. The van der Waals surface area contributed by atoms with Crippen molar-refractivity contribution >= 4 is 17.3 Å². The smallest absolute Gasteiger partial charge is 0.0702 e. The van der Waals surface area contributed by atoms with Gasteiger partial charge in [0.15, 0.2) is 0 Å². The molecule has 0 amide bonds. The summed E-state index contributed by atoms with van der Waals surface area (Å²) >= 11 is 5.94. The van der Waals surface area contributed by atoms with Crippen molar-refractivity contribution in [1.82, 2.24) is 0 Å². The molecule has 0 aliphatic carbocycles. The highest BCUT2D eigenvalue weighted by atomic mass is 35.5. The summed E-state index contributed by atoms with van der Waals surface area (Å²) in [6, 6.07) is 5.79. The minimum atomic E-state index is 0.0619. The minimum Gasteiger partial charge on any atom is -0.392 e. The van der Waals surface area contributed by atoms with Gasteiger partial charge in [-0.15, -0.1) is 0 Å². The number of rotatable bonds is 2. The Labute approximate surface area is 102 Å². The number of nitrogens with zero attached hydrogens (tertiary/aromatic N) is 1. The van der Waals surface area contributed by atoms with Gasteiger partial charge in [-0.05, 0) is 31.0 Å². The van der Waals surface area contributed by atoms with Crippen molar-refractivity contribution in [2.75, 3.05) is 18.0 Å². The van der Waals surface area contributed by atoms with Crippen LogP contribution in [0.2, 0.25) is 5.02 Å². The summed E-state index contributed by atoms with van der Waals surface area (Å²) in [6.45, 7) is 2.25. The summed E-state index contributed by atoms with van der Waals surface area (Å²) in [7, 11) is 0. The van der Waals surface area contributed by atoms with Crippen LogP contribution in [0, 0.1) is 0 Å². The van der Waals surface area contributed by atoms with Gasteiger partial charge in [-0.1, -0.05) is 24.4 Å². The Kier molecular flexibility index (Phi) is 4.08. The summed E-state index contributed by atoms with van der Waals surface area (Å²) in [6.07, 6.45) is 5.12. The second-order valence-corrected chi connectivity index (χ2v) is 4.77. The van der Waals surface area contributed by atoms with E-state index >= 15 is 0 Å². The summed E-state index contributed by atoms with van der Waals surface area (Å²) in [5, 5.41) is 10.1. The molecule has 0 saturated carbocycles. The third-order valence-electron chi connectivity index (χ3n) is 3.16. The Hall–Kier alpha value is -0.730. The number of aliphatic hydroxyl groups excluding tert-OH is 1. The SMILES string of the molecule is OCc1cc(Cl)ccc1N1CCCCCC1. The molecule has 1 N–H and O–H groups in total. The zero-order valence-electron chi connectivity index (χ0n) is 9.45. The number of hydrogen-bond acceptors (Lipinski definition) is 2. The zero-order valence-corrected chi connectivity index (χ0v) is 10.2. The standard InChI is InChI=1S/C13H18ClNO/c14-12-5-6-13(11(9-12)10-16)15-7-3-1-2-4-8-15/h5-6,9,16H,1-4,7-8,10H2. The average Bonchev–Trinajstić information content (AvgIpc) is 2.57. The van der Waals surface area contributed by atoms with Gasteiger partial charge in [0.1, 0.15) is 0 Å². The first-order valence-corrected chi connectivity index (χ1v) is 6.33. The van der Waals surface area contributed by atoms with Gasteiger partial charge in [0, 0.05) is 29.4 Å². The fraction of sp³-hybridized carbons (Fsp3) is 0.538. The van der Waals surface area contributed by atoms with E-state index in [4.69, 9.17) is 11.6 Å². The number of hydrogen-bond donors (Lipinski definition) is 1. The van der Waals surface area contributed by atoms with Crippen molar-refractivity contribution in [1.29, 1.82) is 0 Å². The maximum absolute atomic E-state index is 9.36. The Balaban J connectivity index is 2.23. The second-order valence-electron chi connectivity index (χ2n) is 4.33. The number of aliphatic hydroxyl groups is 1. The van der Waals surface area contributed by atoms with Crippen LogP contribution in [0.5, 0.6) is 0 Å². The van der Waals surface area contributed by atoms with Gasteiger partial charge in [-0.25, -0.2) is 0 Å². The molecule has 1 fully saturated rings. The van der Waals surface area contributed by atoms with Gasteiger partial charge in [0.25, 0.3) is 0 Å². The van der Waals surface area contributed by atoms with Crippen LogP contribution in [0.15, 0.2) is 18.2 Å². The molecule has 16 heavy (non-hydrogen) atoms. The van der Waals surface area contributed by atoms with Gasteiger partial charge in [0.05, 0.1) is 6.61 Å². The van der Waals surface area contributed by atoms with Gasteiger partial charge in [-0.2, -0.15) is 0 Å². The van der Waals surface area contributed by atoms with E-state index in [1.165, 1.54) is 25.7 Å². The molecule has 0 atom stereocenters. The molecule has 3 heteroatoms. The zero-order chi connectivity index (χ0) is 11.4. The molecule has 2 nitrogen and oxygen atoms in total. The van der Waals surface area contributed by atoms with Gasteiger partial charge < -0.3 is 10.0 Å². The van der Waals surface area contributed by atoms with E-state index < -0.39 is 0 Å². The van der Waals surface area contributed by atoms with Crippen molar-refractivity contribution in [2.45, 2.75) is 32.3 Å². The normalized spacial score (nSPS) is 17.2. The van der Waals surface area contributed by atoms with Gasteiger partial charge >= 0.3 is 0 Å². The fourth-order valence-corrected chi connectivity index (χ4v) is 2.50. The van der Waals surface area contributed by atoms with Crippen LogP contribution < -0.4 is 4.90 Å². The first-order chi connectivity index (χ1) is 7.81. The summed E-state index contributed by atoms with van der Waals surface area (Å²) < 4.78 is 0. The average molecular weight is 240 g/mol. The molecule has 0 unspecified atom stereocenters. The maximum Gasteiger partial charge on any atom is 0.0702 e. The molecule has 0 bridgehead atoms. The van der Waals surface area contributed by atoms with E-state index in [1.54, 1.807) is 0 Å². The number of benzene rings is 1. The largest absolute Gasteiger partial charge is 0.392 e. The topological polar surface area (TPSA) is 23.5 Å². The second kappa shape index (κ2) is 5.55. The van der Waals surface area contributed by atoms with Crippen LogP contribution in [0.1, 0.15) is 31.2 Å². The lowest BCUT2D eigenvalue weighted by Gasteiger charge is -2.25. The quantitative estimate of drug-likeness (QED) is 0.857. The fourth-order valence-electron chi connectivity index (χ4n) is 2.30. The molecule has 1 aromatic carbocycles. The van der Waals surface area contributed by atoms with Crippen molar-refractivity contribution in [3.05, 3.63) is 28.8 Å². The molecule has 0 spiro atoms. The molecule has 0 aromatic heterocycles. The molecule has 1 saturated heterocycles. The first-order valence-electron chi connectivity index (χ1n) is 5.95. The minimum absolute atomic E-state index is 0.0619. The van der Waals surface area contributed by atoms with E-state index in [0.29, 0.717) is 5.02 Å². The van der Waals surface area contributed by atoms with Crippen molar-refractivity contribution in [2.24, 2.45) is 0 Å². The van der Waals surface area contributed by atoms with Crippen molar-refractivity contribution in [3.63, 3.8) is 0 Å². The van der Waals surface area contributed by atoms with Crippen LogP contribution in [0.25, 0.3) is 0 Å². The van der Waals surface area contributed by atoms with Crippen molar-refractivity contribution in [3.8, 4) is 0 Å². The Morgan fingerprint density at radius 3 is 2.44 bits per heavy atom. The van der Waals surface area contributed by atoms with Crippen molar-refractivity contribution < 1.29 is 5.11 Å². The molecule has 0 radical (unpaired) electrons. The summed E-state index contributed by atoms with van der Waals surface area (Å²) in [5.41, 5.74) is 2.09. The maximum atomic E-state index is 9.36. The monoisotopic (exact) mass is 239 g/mol. The molecule has 88 valence electrons. The Bertz CT molecular complexity index is 346. The molecular weight excluding hydrogens is 222 g/mol. The molecule has 1 aliphatic heterocycles. The van der Waals surface area contributed by atoms with Gasteiger partial charge in [0.2, 0.25) is 0 Å². The van der Waals surface area contributed by atoms with Crippen LogP contribution in [0.3, 0.4) is 0 Å². The number of anilines is 1. The first kappa shape index (κ1) is 11.7. The van der Waals surface area contributed by atoms with E-state index in [2.05, 4.69) is 4.90 Å². The van der Waals surface area contributed by atoms with E-state index in [1.807, 2.05) is 18.2 Å². The number of halogens is 1. The summed E-state index contributed by atoms with van der Waals surface area (Å²) in [4.78, 5) is 2.37. The molecular formula is C13H18ClNO. The molecule has 1 aliphatic rings. The Morgan fingerprint density at radius 2 is 1.81 bits per heavy atom. The van der Waals surface area contributed by atoms with E-state index in [9.17, 15) is 5.11 Å². The van der Waals surface area contributed by atoms with E-state index in [0.717, 1.165) is 24.3 Å². The van der Waals surface area contributed by atoms with Gasteiger partial charge in [-0.3, -0.25) is 0 Å². The lowest BCUT2D eigenvalue weighted by molar-refractivity contribution is 0.282. The molecule has 1 aromatic rings. The lowest BCUT2D eigenvalue weighted by atomic mass is 10.1. The van der Waals surface area contributed by atoms with Crippen LogP contribution in [-0.4, -0.2) is 18.2 Å². The predicted octanol–water partition coefficient (Wildman–Crippen LogP) is 3.21. The van der Waals surface area contributed by atoms with E-state index in [-0.39, 0.29) is 6.61 Å². The predicted molar refractivity (Wildman–Crippen MR) is 68.1 cm³/mol.